The highest BCUT2D eigenvalue weighted by Crippen LogP contribution is 2.30. The molecule has 0 unspecified atom stereocenters. The number of nitrogens with one attached hydrogen (secondary N) is 1. The number of nitrogens with zero attached hydrogens (tertiary/aromatic N) is 2. The summed E-state index contributed by atoms with van der Waals surface area (Å²) in [5, 5.41) is 3.22. The molecule has 4 nitrogen and oxygen atoms in total. The lowest BCUT2D eigenvalue weighted by atomic mass is 9.85. The number of hydrogen-bond acceptors (Lipinski definition) is 2. The van der Waals surface area contributed by atoms with Crippen LogP contribution in [0.2, 0.25) is 0 Å². The average Bonchev–Trinajstić information content (AvgIpc) is 2.51. The van der Waals surface area contributed by atoms with Gasteiger partial charge < -0.3 is 16.0 Å². The topological polar surface area (TPSA) is 53.6 Å². The molecule has 0 radical (unpaired) electrons. The van der Waals surface area contributed by atoms with Crippen LogP contribution >= 0.6 is 0 Å². The van der Waals surface area contributed by atoms with E-state index in [1.165, 1.54) is 37.9 Å². The van der Waals surface area contributed by atoms with Crippen molar-refractivity contribution < 1.29 is 0 Å². The van der Waals surface area contributed by atoms with Gasteiger partial charge in [0, 0.05) is 11.7 Å². The van der Waals surface area contributed by atoms with E-state index in [-0.39, 0.29) is 0 Å². The lowest BCUT2D eigenvalue weighted by molar-refractivity contribution is 0.0912. The van der Waals surface area contributed by atoms with E-state index in [1.54, 1.807) is 0 Å². The Hall–Kier alpha value is -1.55. The van der Waals surface area contributed by atoms with Crippen LogP contribution in [0.15, 0.2) is 29.3 Å². The molecule has 1 aromatic carbocycles. The number of rotatable bonds is 4. The zero-order valence-electron chi connectivity index (χ0n) is 13.6. The number of aliphatic imine (C=N–C) groups is 1. The number of piperidine rings is 1. The molecule has 2 fully saturated rings. The van der Waals surface area contributed by atoms with Crippen molar-refractivity contribution in [2.45, 2.75) is 57.5 Å². The third kappa shape index (κ3) is 3.80. The Balaban J connectivity index is 1.48. The van der Waals surface area contributed by atoms with Gasteiger partial charge in [0.1, 0.15) is 0 Å². The molecule has 0 amide bonds. The lowest BCUT2D eigenvalue weighted by Gasteiger charge is -2.43. The van der Waals surface area contributed by atoms with E-state index < -0.39 is 0 Å². The Labute approximate surface area is 133 Å². The Morgan fingerprint density at radius 3 is 2.77 bits per heavy atom. The summed E-state index contributed by atoms with van der Waals surface area (Å²) >= 11 is 0. The van der Waals surface area contributed by atoms with Gasteiger partial charge in [0.05, 0.1) is 6.04 Å². The van der Waals surface area contributed by atoms with E-state index in [4.69, 9.17) is 5.73 Å². The highest BCUT2D eigenvalue weighted by Gasteiger charge is 2.33. The molecule has 3 rings (SSSR count). The standard InChI is InChI=1S/C18H28N4/c1-2-14-7-6-8-15(11-14)20-18(19)21-16-12-17(13-16)22-9-4-3-5-10-22/h6-8,11,16-17H,2-5,9-10,12-13H2,1H3,(H3,19,20,21). The van der Waals surface area contributed by atoms with Crippen molar-refractivity contribution in [3.8, 4) is 0 Å². The molecular weight excluding hydrogens is 272 g/mol. The van der Waals surface area contributed by atoms with Crippen LogP contribution in [0.5, 0.6) is 0 Å². The van der Waals surface area contributed by atoms with Crippen molar-refractivity contribution in [1.29, 1.82) is 0 Å². The molecule has 0 aromatic heterocycles. The second kappa shape index (κ2) is 7.14. The van der Waals surface area contributed by atoms with Gasteiger partial charge in [-0.3, -0.25) is 0 Å². The Morgan fingerprint density at radius 2 is 2.05 bits per heavy atom. The van der Waals surface area contributed by atoms with E-state index in [9.17, 15) is 0 Å². The minimum atomic E-state index is 0.397. The van der Waals surface area contributed by atoms with Gasteiger partial charge in [-0.25, -0.2) is 4.99 Å². The number of likely N-dealkylation sites (tertiary alicyclic amines) is 1. The second-order valence-corrected chi connectivity index (χ2v) is 6.57. The molecule has 120 valence electrons. The predicted molar refractivity (Wildman–Crippen MR) is 93.3 cm³/mol. The SMILES string of the molecule is CCc1cccc(NC(N)=NC2CC(N3CCCCC3)C2)c1. The van der Waals surface area contributed by atoms with Crippen molar-refractivity contribution in [1.82, 2.24) is 4.90 Å². The van der Waals surface area contributed by atoms with Gasteiger partial charge in [0.25, 0.3) is 0 Å². The summed E-state index contributed by atoms with van der Waals surface area (Å²) in [5.41, 5.74) is 8.40. The molecule has 0 bridgehead atoms. The maximum Gasteiger partial charge on any atom is 0.193 e. The Bertz CT molecular complexity index is 514. The van der Waals surface area contributed by atoms with Gasteiger partial charge in [0.15, 0.2) is 5.96 Å². The number of aryl methyl sites for hydroxylation is 1. The third-order valence-electron chi connectivity index (χ3n) is 4.92. The first-order valence-corrected chi connectivity index (χ1v) is 8.68. The van der Waals surface area contributed by atoms with Crippen molar-refractivity contribution >= 4 is 11.6 Å². The lowest BCUT2D eigenvalue weighted by Crippen LogP contribution is -2.49. The molecule has 1 heterocycles. The van der Waals surface area contributed by atoms with Crippen LogP contribution < -0.4 is 11.1 Å². The van der Waals surface area contributed by atoms with Gasteiger partial charge in [-0.1, -0.05) is 25.5 Å². The first kappa shape index (κ1) is 15.3. The molecule has 0 atom stereocenters. The summed E-state index contributed by atoms with van der Waals surface area (Å²) in [5.74, 6) is 0.551. The highest BCUT2D eigenvalue weighted by molar-refractivity contribution is 5.92. The van der Waals surface area contributed by atoms with Crippen LogP contribution in [-0.4, -0.2) is 36.0 Å². The monoisotopic (exact) mass is 300 g/mol. The number of guanidine groups is 1. The zero-order chi connectivity index (χ0) is 15.4. The van der Waals surface area contributed by atoms with Gasteiger partial charge in [-0.15, -0.1) is 0 Å². The smallest absolute Gasteiger partial charge is 0.193 e. The molecule has 1 aromatic rings. The molecule has 1 saturated carbocycles. The fraction of sp³-hybridized carbons (Fsp3) is 0.611. The fourth-order valence-electron chi connectivity index (χ4n) is 3.49. The minimum Gasteiger partial charge on any atom is -0.370 e. The summed E-state index contributed by atoms with van der Waals surface area (Å²) in [7, 11) is 0. The summed E-state index contributed by atoms with van der Waals surface area (Å²) in [6.07, 6.45) is 7.49. The first-order valence-electron chi connectivity index (χ1n) is 8.68. The fourth-order valence-corrected chi connectivity index (χ4v) is 3.49. The van der Waals surface area contributed by atoms with Crippen LogP contribution in [0.1, 0.15) is 44.6 Å². The molecule has 3 N–H and O–H groups in total. The molecular formula is C18H28N4. The second-order valence-electron chi connectivity index (χ2n) is 6.57. The van der Waals surface area contributed by atoms with E-state index in [2.05, 4.69) is 40.3 Å². The van der Waals surface area contributed by atoms with E-state index in [0.717, 1.165) is 31.0 Å². The molecule has 4 heteroatoms. The van der Waals surface area contributed by atoms with Crippen LogP contribution in [0.4, 0.5) is 5.69 Å². The average molecular weight is 300 g/mol. The van der Waals surface area contributed by atoms with Gasteiger partial charge in [-0.05, 0) is 62.9 Å². The summed E-state index contributed by atoms with van der Waals surface area (Å²) in [4.78, 5) is 7.28. The number of nitrogens with two attached hydrogens (primary N) is 1. The molecule has 22 heavy (non-hydrogen) atoms. The Kier molecular flexibility index (Phi) is 4.98. The number of benzene rings is 1. The molecule has 1 saturated heterocycles. The third-order valence-corrected chi connectivity index (χ3v) is 4.92. The summed E-state index contributed by atoms with van der Waals surface area (Å²) in [6, 6.07) is 9.51. The van der Waals surface area contributed by atoms with Gasteiger partial charge in [-0.2, -0.15) is 0 Å². The normalized spacial score (nSPS) is 26.5. The van der Waals surface area contributed by atoms with Gasteiger partial charge in [0.2, 0.25) is 0 Å². The maximum atomic E-state index is 6.06. The zero-order valence-corrected chi connectivity index (χ0v) is 13.6. The van der Waals surface area contributed by atoms with Crippen molar-refractivity contribution in [2.75, 3.05) is 18.4 Å². The van der Waals surface area contributed by atoms with Crippen molar-refractivity contribution in [2.24, 2.45) is 10.7 Å². The summed E-state index contributed by atoms with van der Waals surface area (Å²) < 4.78 is 0. The van der Waals surface area contributed by atoms with Crippen molar-refractivity contribution in [3.63, 3.8) is 0 Å². The predicted octanol–water partition coefficient (Wildman–Crippen LogP) is 2.99. The quantitative estimate of drug-likeness (QED) is 0.664. The molecule has 1 aliphatic carbocycles. The number of anilines is 1. The van der Waals surface area contributed by atoms with Gasteiger partial charge >= 0.3 is 0 Å². The van der Waals surface area contributed by atoms with Crippen LogP contribution in [0, 0.1) is 0 Å². The first-order chi connectivity index (χ1) is 10.7. The van der Waals surface area contributed by atoms with E-state index in [0.29, 0.717) is 12.0 Å². The minimum absolute atomic E-state index is 0.397. The molecule has 2 aliphatic rings. The van der Waals surface area contributed by atoms with Crippen molar-refractivity contribution in [3.05, 3.63) is 29.8 Å². The van der Waals surface area contributed by atoms with Crippen LogP contribution in [0.25, 0.3) is 0 Å². The summed E-state index contributed by atoms with van der Waals surface area (Å²) in [6.45, 7) is 4.71. The number of hydrogen-bond donors (Lipinski definition) is 2. The van der Waals surface area contributed by atoms with Crippen LogP contribution in [0.3, 0.4) is 0 Å². The molecule has 0 spiro atoms. The van der Waals surface area contributed by atoms with Crippen LogP contribution in [-0.2, 0) is 6.42 Å². The van der Waals surface area contributed by atoms with E-state index in [1.807, 2.05) is 6.07 Å². The Morgan fingerprint density at radius 1 is 1.27 bits per heavy atom. The van der Waals surface area contributed by atoms with E-state index >= 15 is 0 Å². The largest absolute Gasteiger partial charge is 0.370 e. The highest BCUT2D eigenvalue weighted by atomic mass is 15.2. The molecule has 1 aliphatic heterocycles. The maximum absolute atomic E-state index is 6.06.